The molecule has 0 aliphatic carbocycles. The summed E-state index contributed by atoms with van der Waals surface area (Å²) in [5, 5.41) is 11.5. The van der Waals surface area contributed by atoms with Gasteiger partial charge in [-0.05, 0) is 66.6 Å². The lowest BCUT2D eigenvalue weighted by Crippen LogP contribution is -2.17. The molecule has 0 radical (unpaired) electrons. The van der Waals surface area contributed by atoms with Crippen LogP contribution in [0, 0.1) is 18.3 Å². The van der Waals surface area contributed by atoms with E-state index in [4.69, 9.17) is 10.00 Å². The van der Waals surface area contributed by atoms with Crippen molar-refractivity contribution in [2.75, 3.05) is 17.1 Å². The van der Waals surface area contributed by atoms with Crippen molar-refractivity contribution in [2.45, 2.75) is 18.2 Å². The van der Waals surface area contributed by atoms with Crippen molar-refractivity contribution in [1.82, 2.24) is 0 Å². The third-order valence-corrected chi connectivity index (χ3v) is 5.98. The first kappa shape index (κ1) is 21.9. The van der Waals surface area contributed by atoms with Crippen molar-refractivity contribution < 1.29 is 17.9 Å². The van der Waals surface area contributed by atoms with E-state index in [1.807, 2.05) is 0 Å². The highest BCUT2D eigenvalue weighted by Crippen LogP contribution is 2.22. The van der Waals surface area contributed by atoms with Gasteiger partial charge in [-0.2, -0.15) is 5.26 Å². The monoisotopic (exact) mass is 435 g/mol. The van der Waals surface area contributed by atoms with Crippen LogP contribution in [0.15, 0.2) is 71.6 Å². The Hall–Kier alpha value is -3.83. The van der Waals surface area contributed by atoms with Crippen LogP contribution >= 0.6 is 0 Å². The Kier molecular flexibility index (Phi) is 6.58. The summed E-state index contributed by atoms with van der Waals surface area (Å²) in [6, 6.07) is 19.8. The van der Waals surface area contributed by atoms with Gasteiger partial charge in [-0.15, -0.1) is 0 Å². The molecule has 0 saturated heterocycles. The Morgan fingerprint density at radius 1 is 1.00 bits per heavy atom. The third-order valence-electron chi connectivity index (χ3n) is 4.60. The molecule has 3 aromatic carbocycles. The largest absolute Gasteiger partial charge is 0.497 e. The van der Waals surface area contributed by atoms with Gasteiger partial charge in [-0.25, -0.2) is 8.42 Å². The van der Waals surface area contributed by atoms with Crippen LogP contribution in [-0.2, 0) is 16.4 Å². The fraction of sp³-hybridized carbons (Fsp3) is 0.130. The summed E-state index contributed by atoms with van der Waals surface area (Å²) in [5.74, 6) is 0.185. The fourth-order valence-electron chi connectivity index (χ4n) is 2.88. The Morgan fingerprint density at radius 2 is 1.65 bits per heavy atom. The highest BCUT2D eigenvalue weighted by atomic mass is 32.2. The number of aryl methyl sites for hydroxylation is 1. The summed E-state index contributed by atoms with van der Waals surface area (Å²) < 4.78 is 33.2. The van der Waals surface area contributed by atoms with Crippen LogP contribution < -0.4 is 14.8 Å². The molecule has 0 fully saturated rings. The summed E-state index contributed by atoms with van der Waals surface area (Å²) in [6.45, 7) is 1.73. The predicted molar refractivity (Wildman–Crippen MR) is 119 cm³/mol. The lowest BCUT2D eigenvalue weighted by Gasteiger charge is -2.12. The molecule has 0 unspecified atom stereocenters. The first-order valence-corrected chi connectivity index (χ1v) is 10.9. The molecule has 3 aromatic rings. The van der Waals surface area contributed by atoms with Gasteiger partial charge in [0.2, 0.25) is 0 Å². The molecule has 0 heterocycles. The van der Waals surface area contributed by atoms with Crippen molar-refractivity contribution in [2.24, 2.45) is 0 Å². The van der Waals surface area contributed by atoms with E-state index in [9.17, 15) is 13.2 Å². The summed E-state index contributed by atoms with van der Waals surface area (Å²) in [7, 11) is -2.37. The highest BCUT2D eigenvalue weighted by Gasteiger charge is 2.18. The smallest absolute Gasteiger partial charge is 0.261 e. The number of amides is 1. The number of benzene rings is 3. The molecule has 0 atom stereocenters. The fourth-order valence-corrected chi connectivity index (χ4v) is 3.97. The lowest BCUT2D eigenvalue weighted by molar-refractivity contribution is 0.102. The molecule has 1 amide bonds. The van der Waals surface area contributed by atoms with Crippen LogP contribution in [0.1, 0.15) is 21.5 Å². The van der Waals surface area contributed by atoms with Crippen LogP contribution in [-0.4, -0.2) is 21.4 Å². The molecule has 158 valence electrons. The Bertz CT molecular complexity index is 1230. The van der Waals surface area contributed by atoms with Crippen molar-refractivity contribution in [3.8, 4) is 11.8 Å². The second-order valence-corrected chi connectivity index (χ2v) is 8.48. The number of carbonyl (C=O) groups is 1. The number of methoxy groups -OCH3 is 1. The number of ether oxygens (including phenoxy) is 1. The van der Waals surface area contributed by atoms with E-state index in [1.165, 1.54) is 19.2 Å². The molecular weight excluding hydrogens is 414 g/mol. The van der Waals surface area contributed by atoms with Crippen LogP contribution in [0.2, 0.25) is 0 Å². The first-order valence-electron chi connectivity index (χ1n) is 9.37. The van der Waals surface area contributed by atoms with Crippen molar-refractivity contribution in [1.29, 1.82) is 5.26 Å². The predicted octanol–water partition coefficient (Wildman–Crippen LogP) is 4.12. The summed E-state index contributed by atoms with van der Waals surface area (Å²) in [6.07, 6.45) is 0.286. The number of hydrogen-bond acceptors (Lipinski definition) is 5. The molecule has 8 heteroatoms. The maximum absolute atomic E-state index is 12.8. The molecule has 0 spiro atoms. The molecule has 7 nitrogen and oxygen atoms in total. The average molecular weight is 436 g/mol. The quantitative estimate of drug-likeness (QED) is 0.580. The SMILES string of the molecule is COc1ccc(NS(=O)(=O)c2ccc(C)c(C(=O)Nc3ccc(CC#N)cc3)c2)cc1. The number of hydrogen-bond donors (Lipinski definition) is 2. The van der Waals surface area contributed by atoms with E-state index in [0.717, 1.165) is 5.56 Å². The minimum atomic E-state index is -3.89. The zero-order valence-corrected chi connectivity index (χ0v) is 17.9. The molecule has 2 N–H and O–H groups in total. The second-order valence-electron chi connectivity index (χ2n) is 6.80. The van der Waals surface area contributed by atoms with Gasteiger partial charge in [0.05, 0.1) is 24.5 Å². The molecule has 0 saturated carbocycles. The number of carbonyl (C=O) groups excluding carboxylic acids is 1. The second kappa shape index (κ2) is 9.32. The molecular formula is C23H21N3O4S. The van der Waals surface area contributed by atoms with Crippen LogP contribution in [0.4, 0.5) is 11.4 Å². The van der Waals surface area contributed by atoms with Gasteiger partial charge in [-0.1, -0.05) is 18.2 Å². The lowest BCUT2D eigenvalue weighted by atomic mass is 10.1. The third kappa shape index (κ3) is 5.41. The van der Waals surface area contributed by atoms with Crippen molar-refractivity contribution in [3.63, 3.8) is 0 Å². The zero-order chi connectivity index (χ0) is 22.4. The molecule has 3 rings (SSSR count). The topological polar surface area (TPSA) is 108 Å². The van der Waals surface area contributed by atoms with E-state index in [-0.39, 0.29) is 16.9 Å². The minimum Gasteiger partial charge on any atom is -0.497 e. The molecule has 0 bridgehead atoms. The van der Waals surface area contributed by atoms with Gasteiger partial charge < -0.3 is 10.1 Å². The highest BCUT2D eigenvalue weighted by molar-refractivity contribution is 7.92. The van der Waals surface area contributed by atoms with Gasteiger partial charge >= 0.3 is 0 Å². The molecule has 0 aliphatic heterocycles. The summed E-state index contributed by atoms with van der Waals surface area (Å²) in [4.78, 5) is 12.7. The van der Waals surface area contributed by atoms with Crippen molar-refractivity contribution in [3.05, 3.63) is 83.4 Å². The summed E-state index contributed by atoms with van der Waals surface area (Å²) >= 11 is 0. The first-order chi connectivity index (χ1) is 14.8. The maximum atomic E-state index is 12.8. The minimum absolute atomic E-state index is 0.0246. The maximum Gasteiger partial charge on any atom is 0.261 e. The van der Waals surface area contributed by atoms with E-state index >= 15 is 0 Å². The van der Waals surface area contributed by atoms with E-state index < -0.39 is 15.9 Å². The van der Waals surface area contributed by atoms with Crippen LogP contribution in [0.25, 0.3) is 0 Å². The summed E-state index contributed by atoms with van der Waals surface area (Å²) in [5.41, 5.74) is 2.66. The number of nitriles is 1. The Morgan fingerprint density at radius 3 is 2.26 bits per heavy atom. The number of rotatable bonds is 7. The zero-order valence-electron chi connectivity index (χ0n) is 17.0. The van der Waals surface area contributed by atoms with Gasteiger partial charge in [-0.3, -0.25) is 9.52 Å². The molecule has 31 heavy (non-hydrogen) atoms. The van der Waals surface area contributed by atoms with Crippen LogP contribution in [0.5, 0.6) is 5.75 Å². The Labute approximate surface area is 181 Å². The Balaban J connectivity index is 1.81. The van der Waals surface area contributed by atoms with Gasteiger partial charge in [0.1, 0.15) is 5.75 Å². The average Bonchev–Trinajstić information content (AvgIpc) is 2.75. The van der Waals surface area contributed by atoms with E-state index in [0.29, 0.717) is 22.7 Å². The van der Waals surface area contributed by atoms with Crippen molar-refractivity contribution >= 4 is 27.3 Å². The van der Waals surface area contributed by atoms with Crippen LogP contribution in [0.3, 0.4) is 0 Å². The van der Waals surface area contributed by atoms with Gasteiger partial charge in [0.25, 0.3) is 15.9 Å². The van der Waals surface area contributed by atoms with E-state index in [1.54, 1.807) is 61.5 Å². The molecule has 0 aliphatic rings. The number of nitrogens with zero attached hydrogens (tertiary/aromatic N) is 1. The molecule has 0 aromatic heterocycles. The number of anilines is 2. The number of sulfonamides is 1. The normalized spacial score (nSPS) is 10.7. The van der Waals surface area contributed by atoms with E-state index in [2.05, 4.69) is 16.1 Å². The number of nitrogens with one attached hydrogen (secondary N) is 2. The van der Waals surface area contributed by atoms with Gasteiger partial charge in [0, 0.05) is 16.9 Å². The van der Waals surface area contributed by atoms with Gasteiger partial charge in [0.15, 0.2) is 0 Å². The standard InChI is InChI=1S/C23H21N3O4S/c1-16-3-12-21(31(28,29)26-19-8-10-20(30-2)11-9-19)15-22(16)23(27)25-18-6-4-17(5-7-18)13-14-24/h3-12,15,26H,13H2,1-2H3,(H,25,27).